The number of rotatable bonds is 3. The second-order valence-corrected chi connectivity index (χ2v) is 5.00. The number of benzene rings is 1. The molecule has 0 bridgehead atoms. The van der Waals surface area contributed by atoms with E-state index in [4.69, 9.17) is 4.74 Å². The van der Waals surface area contributed by atoms with E-state index in [0.717, 1.165) is 11.3 Å². The molecule has 2 amide bonds. The normalized spacial score (nSPS) is 21.9. The molecule has 1 aromatic carbocycles. The Balaban J connectivity index is 2.16. The van der Waals surface area contributed by atoms with Crippen LogP contribution in [0.15, 0.2) is 24.3 Å². The van der Waals surface area contributed by atoms with Crippen molar-refractivity contribution in [2.24, 2.45) is 0 Å². The number of ether oxygens (including phenoxy) is 1. The van der Waals surface area contributed by atoms with E-state index in [9.17, 15) is 9.90 Å². The van der Waals surface area contributed by atoms with Gasteiger partial charge in [0.25, 0.3) is 0 Å². The van der Waals surface area contributed by atoms with Gasteiger partial charge in [-0.15, -0.1) is 0 Å². The molecule has 5 heteroatoms. The zero-order valence-corrected chi connectivity index (χ0v) is 10.8. The van der Waals surface area contributed by atoms with Crippen molar-refractivity contribution >= 4 is 6.03 Å². The fourth-order valence-electron chi connectivity index (χ4n) is 2.04. The summed E-state index contributed by atoms with van der Waals surface area (Å²) in [7, 11) is 1.60. The molecule has 0 aromatic heterocycles. The van der Waals surface area contributed by atoms with Crippen LogP contribution in [0.3, 0.4) is 0 Å². The maximum atomic E-state index is 11.8. The van der Waals surface area contributed by atoms with Crippen LogP contribution in [-0.4, -0.2) is 34.9 Å². The van der Waals surface area contributed by atoms with Crippen LogP contribution in [0, 0.1) is 0 Å². The highest BCUT2D eigenvalue weighted by atomic mass is 16.5. The van der Waals surface area contributed by atoms with Gasteiger partial charge >= 0.3 is 6.03 Å². The van der Waals surface area contributed by atoms with Gasteiger partial charge in [-0.05, 0) is 31.5 Å². The number of amides is 2. The molecule has 1 saturated heterocycles. The van der Waals surface area contributed by atoms with Gasteiger partial charge in [-0.3, -0.25) is 4.90 Å². The third-order valence-corrected chi connectivity index (χ3v) is 3.12. The van der Waals surface area contributed by atoms with Gasteiger partial charge in [0.2, 0.25) is 0 Å². The Morgan fingerprint density at radius 3 is 2.78 bits per heavy atom. The van der Waals surface area contributed by atoms with E-state index in [1.807, 2.05) is 24.3 Å². The Morgan fingerprint density at radius 2 is 2.22 bits per heavy atom. The number of aliphatic hydroxyl groups is 1. The first-order chi connectivity index (χ1) is 8.44. The zero-order chi connectivity index (χ0) is 13.3. The van der Waals surface area contributed by atoms with Gasteiger partial charge in [-0.25, -0.2) is 4.79 Å². The Labute approximate surface area is 106 Å². The summed E-state index contributed by atoms with van der Waals surface area (Å²) in [6.45, 7) is 3.94. The lowest BCUT2D eigenvalue weighted by molar-refractivity contribution is 0.0107. The molecular formula is C13H18N2O3. The lowest BCUT2D eigenvalue weighted by Crippen LogP contribution is -2.44. The topological polar surface area (TPSA) is 61.8 Å². The molecule has 5 nitrogen and oxygen atoms in total. The van der Waals surface area contributed by atoms with E-state index < -0.39 is 11.8 Å². The standard InChI is InChI=1S/C13H18N2O3/c1-13(2)11(16)15(12(17)14-13)8-9-5-4-6-10(7-9)18-3/h4-7,11,16H,8H2,1-3H3,(H,14,17). The number of nitrogens with zero attached hydrogens (tertiary/aromatic N) is 1. The van der Waals surface area contributed by atoms with Crippen molar-refractivity contribution in [2.75, 3.05) is 7.11 Å². The van der Waals surface area contributed by atoms with Crippen LogP contribution < -0.4 is 10.1 Å². The van der Waals surface area contributed by atoms with Crippen molar-refractivity contribution in [2.45, 2.75) is 32.2 Å². The number of methoxy groups -OCH3 is 1. The molecule has 0 aliphatic carbocycles. The van der Waals surface area contributed by atoms with Crippen LogP contribution in [0.25, 0.3) is 0 Å². The highest BCUT2D eigenvalue weighted by molar-refractivity contribution is 5.78. The van der Waals surface area contributed by atoms with Crippen molar-refractivity contribution in [1.29, 1.82) is 0 Å². The summed E-state index contributed by atoms with van der Waals surface area (Å²) in [5, 5.41) is 12.8. The molecule has 1 atom stereocenters. The van der Waals surface area contributed by atoms with Crippen LogP contribution in [-0.2, 0) is 6.54 Å². The number of hydrogen-bond donors (Lipinski definition) is 2. The van der Waals surface area contributed by atoms with E-state index >= 15 is 0 Å². The summed E-state index contributed by atoms with van der Waals surface area (Å²) < 4.78 is 5.13. The third kappa shape index (κ3) is 2.26. The molecule has 0 saturated carbocycles. The van der Waals surface area contributed by atoms with Crippen LogP contribution >= 0.6 is 0 Å². The summed E-state index contributed by atoms with van der Waals surface area (Å²) in [5.74, 6) is 0.737. The Hall–Kier alpha value is -1.75. The molecule has 2 N–H and O–H groups in total. The lowest BCUT2D eigenvalue weighted by Gasteiger charge is -2.25. The summed E-state index contributed by atoms with van der Waals surface area (Å²) in [4.78, 5) is 13.2. The molecule has 1 unspecified atom stereocenters. The summed E-state index contributed by atoms with van der Waals surface area (Å²) in [6.07, 6.45) is -0.837. The molecule has 0 radical (unpaired) electrons. The van der Waals surface area contributed by atoms with E-state index in [1.165, 1.54) is 4.90 Å². The van der Waals surface area contributed by atoms with Crippen molar-refractivity contribution in [3.05, 3.63) is 29.8 Å². The SMILES string of the molecule is COc1cccc(CN2C(=O)NC(C)(C)C2O)c1. The molecule has 0 spiro atoms. The fraction of sp³-hybridized carbons (Fsp3) is 0.462. The monoisotopic (exact) mass is 250 g/mol. The largest absolute Gasteiger partial charge is 0.497 e. The summed E-state index contributed by atoms with van der Waals surface area (Å²) >= 11 is 0. The van der Waals surface area contributed by atoms with Gasteiger partial charge in [-0.1, -0.05) is 12.1 Å². The second kappa shape index (κ2) is 4.49. The van der Waals surface area contributed by atoms with Gasteiger partial charge in [0.15, 0.2) is 6.23 Å². The number of urea groups is 1. The van der Waals surface area contributed by atoms with E-state index in [2.05, 4.69) is 5.32 Å². The van der Waals surface area contributed by atoms with E-state index in [0.29, 0.717) is 6.54 Å². The maximum absolute atomic E-state index is 11.8. The van der Waals surface area contributed by atoms with Gasteiger partial charge < -0.3 is 15.2 Å². The molecule has 1 fully saturated rings. The van der Waals surface area contributed by atoms with Crippen molar-refractivity contribution in [3.8, 4) is 5.75 Å². The minimum absolute atomic E-state index is 0.254. The molecule has 1 aliphatic heterocycles. The minimum atomic E-state index is -0.837. The second-order valence-electron chi connectivity index (χ2n) is 5.00. The van der Waals surface area contributed by atoms with Crippen molar-refractivity contribution in [3.63, 3.8) is 0 Å². The first-order valence-corrected chi connectivity index (χ1v) is 5.84. The molecule has 1 heterocycles. The number of carbonyl (C=O) groups is 1. The Kier molecular flexibility index (Phi) is 3.17. The van der Waals surface area contributed by atoms with Gasteiger partial charge in [0.05, 0.1) is 19.2 Å². The zero-order valence-electron chi connectivity index (χ0n) is 10.8. The molecular weight excluding hydrogens is 232 g/mol. The van der Waals surface area contributed by atoms with Crippen molar-refractivity contribution < 1.29 is 14.6 Å². The number of hydrogen-bond acceptors (Lipinski definition) is 3. The predicted octanol–water partition coefficient (Wildman–Crippen LogP) is 1.32. The average Bonchev–Trinajstić information content (AvgIpc) is 2.52. The average molecular weight is 250 g/mol. The first kappa shape index (κ1) is 12.7. The Morgan fingerprint density at radius 1 is 1.50 bits per heavy atom. The highest BCUT2D eigenvalue weighted by Gasteiger charge is 2.43. The third-order valence-electron chi connectivity index (χ3n) is 3.12. The quantitative estimate of drug-likeness (QED) is 0.850. The van der Waals surface area contributed by atoms with Gasteiger partial charge in [-0.2, -0.15) is 0 Å². The Bertz CT molecular complexity index is 459. The van der Waals surface area contributed by atoms with Crippen LogP contribution in [0.1, 0.15) is 19.4 Å². The first-order valence-electron chi connectivity index (χ1n) is 5.84. The van der Waals surface area contributed by atoms with Gasteiger partial charge in [0, 0.05) is 0 Å². The molecule has 18 heavy (non-hydrogen) atoms. The van der Waals surface area contributed by atoms with E-state index in [-0.39, 0.29) is 6.03 Å². The van der Waals surface area contributed by atoms with Crippen LogP contribution in [0.2, 0.25) is 0 Å². The minimum Gasteiger partial charge on any atom is -0.497 e. The fourth-order valence-corrected chi connectivity index (χ4v) is 2.04. The predicted molar refractivity (Wildman–Crippen MR) is 67.2 cm³/mol. The number of nitrogens with one attached hydrogen (secondary N) is 1. The number of aliphatic hydroxyl groups excluding tert-OH is 1. The highest BCUT2D eigenvalue weighted by Crippen LogP contribution is 2.24. The smallest absolute Gasteiger partial charge is 0.320 e. The van der Waals surface area contributed by atoms with Crippen LogP contribution in [0.4, 0.5) is 4.79 Å². The van der Waals surface area contributed by atoms with Crippen molar-refractivity contribution in [1.82, 2.24) is 10.2 Å². The van der Waals surface area contributed by atoms with Crippen LogP contribution in [0.5, 0.6) is 5.75 Å². The molecule has 1 aromatic rings. The number of carbonyl (C=O) groups excluding carboxylic acids is 1. The molecule has 2 rings (SSSR count). The van der Waals surface area contributed by atoms with E-state index in [1.54, 1.807) is 21.0 Å². The molecule has 1 aliphatic rings. The summed E-state index contributed by atoms with van der Waals surface area (Å²) in [5.41, 5.74) is 0.289. The molecule has 98 valence electrons. The van der Waals surface area contributed by atoms with Gasteiger partial charge in [0.1, 0.15) is 5.75 Å². The maximum Gasteiger partial charge on any atom is 0.320 e. The summed E-state index contributed by atoms with van der Waals surface area (Å²) in [6, 6.07) is 7.20. The lowest BCUT2D eigenvalue weighted by atomic mass is 10.1.